The first-order valence-corrected chi connectivity index (χ1v) is 12.3. The van der Waals surface area contributed by atoms with Gasteiger partial charge in [-0.15, -0.1) is 0 Å². The summed E-state index contributed by atoms with van der Waals surface area (Å²) in [6, 6.07) is 0.565. The minimum atomic E-state index is -2.93. The molecule has 0 saturated carbocycles. The van der Waals surface area contributed by atoms with E-state index in [4.69, 9.17) is 4.99 Å². The number of hydrogen-bond donors (Lipinski definition) is 2. The van der Waals surface area contributed by atoms with Gasteiger partial charge in [0.2, 0.25) is 0 Å². The SMILES string of the molecule is CCNC(=NCC(C(CC)CC)N1CCCC1)NC(C)CCS(C)(=O)=O. The van der Waals surface area contributed by atoms with E-state index in [-0.39, 0.29) is 11.8 Å². The van der Waals surface area contributed by atoms with Crippen LogP contribution in [0.5, 0.6) is 0 Å². The topological polar surface area (TPSA) is 73.8 Å². The average Bonchev–Trinajstić information content (AvgIpc) is 3.10. The quantitative estimate of drug-likeness (QED) is 0.419. The van der Waals surface area contributed by atoms with E-state index in [1.807, 2.05) is 6.92 Å². The highest BCUT2D eigenvalue weighted by Crippen LogP contribution is 2.23. The summed E-state index contributed by atoms with van der Waals surface area (Å²) >= 11 is 0. The first kappa shape index (κ1) is 23.2. The molecular weight excluding hydrogens is 348 g/mol. The number of guanidine groups is 1. The Morgan fingerprint density at radius 3 is 2.27 bits per heavy atom. The van der Waals surface area contributed by atoms with Crippen molar-refractivity contribution in [2.75, 3.05) is 38.2 Å². The first-order valence-electron chi connectivity index (χ1n) is 10.3. The highest BCUT2D eigenvalue weighted by Gasteiger charge is 2.27. The second-order valence-electron chi connectivity index (χ2n) is 7.57. The molecular formula is C19H40N4O2S. The summed E-state index contributed by atoms with van der Waals surface area (Å²) in [6.45, 7) is 12.6. The second kappa shape index (κ2) is 11.8. The zero-order chi connectivity index (χ0) is 19.6. The van der Waals surface area contributed by atoms with Gasteiger partial charge in [-0.2, -0.15) is 0 Å². The summed E-state index contributed by atoms with van der Waals surface area (Å²) in [4.78, 5) is 7.47. The molecule has 2 N–H and O–H groups in total. The van der Waals surface area contributed by atoms with Gasteiger partial charge in [-0.1, -0.05) is 26.7 Å². The van der Waals surface area contributed by atoms with Crippen molar-refractivity contribution in [1.82, 2.24) is 15.5 Å². The van der Waals surface area contributed by atoms with E-state index in [1.54, 1.807) is 0 Å². The minimum Gasteiger partial charge on any atom is -0.357 e. The summed E-state index contributed by atoms with van der Waals surface area (Å²) in [5.74, 6) is 1.66. The predicted octanol–water partition coefficient (Wildman–Crippen LogP) is 2.27. The molecule has 1 aliphatic heterocycles. The van der Waals surface area contributed by atoms with Gasteiger partial charge in [-0.25, -0.2) is 8.42 Å². The number of likely N-dealkylation sites (tertiary alicyclic amines) is 1. The molecule has 1 aliphatic rings. The smallest absolute Gasteiger partial charge is 0.191 e. The molecule has 0 radical (unpaired) electrons. The molecule has 1 heterocycles. The van der Waals surface area contributed by atoms with Crippen molar-refractivity contribution in [3.63, 3.8) is 0 Å². The normalized spacial score (nSPS) is 18.9. The highest BCUT2D eigenvalue weighted by molar-refractivity contribution is 7.90. The second-order valence-corrected chi connectivity index (χ2v) is 9.83. The van der Waals surface area contributed by atoms with Gasteiger partial charge in [0.1, 0.15) is 9.84 Å². The molecule has 2 unspecified atom stereocenters. The van der Waals surface area contributed by atoms with Crippen LogP contribution in [0.15, 0.2) is 4.99 Å². The van der Waals surface area contributed by atoms with Gasteiger partial charge >= 0.3 is 0 Å². The van der Waals surface area contributed by atoms with Crippen molar-refractivity contribution in [1.29, 1.82) is 0 Å². The largest absolute Gasteiger partial charge is 0.357 e. The molecule has 0 aromatic heterocycles. The molecule has 154 valence electrons. The predicted molar refractivity (Wildman–Crippen MR) is 112 cm³/mol. The van der Waals surface area contributed by atoms with Crippen LogP contribution in [-0.2, 0) is 9.84 Å². The van der Waals surface area contributed by atoms with E-state index in [9.17, 15) is 8.42 Å². The van der Waals surface area contributed by atoms with Gasteiger partial charge in [0.15, 0.2) is 5.96 Å². The lowest BCUT2D eigenvalue weighted by atomic mass is 9.93. The van der Waals surface area contributed by atoms with E-state index >= 15 is 0 Å². The van der Waals surface area contributed by atoms with Gasteiger partial charge in [0, 0.05) is 24.9 Å². The average molecular weight is 389 g/mol. The van der Waals surface area contributed by atoms with Gasteiger partial charge in [0.05, 0.1) is 12.3 Å². The zero-order valence-corrected chi connectivity index (χ0v) is 18.2. The van der Waals surface area contributed by atoms with Gasteiger partial charge in [0.25, 0.3) is 0 Å². The number of nitrogens with zero attached hydrogens (tertiary/aromatic N) is 2. The Morgan fingerprint density at radius 1 is 1.15 bits per heavy atom. The fraction of sp³-hybridized carbons (Fsp3) is 0.947. The van der Waals surface area contributed by atoms with E-state index < -0.39 is 9.84 Å². The molecule has 0 amide bonds. The number of aliphatic imine (C=N–C) groups is 1. The Hall–Kier alpha value is -0.820. The number of nitrogens with one attached hydrogen (secondary N) is 2. The summed E-state index contributed by atoms with van der Waals surface area (Å²) in [5.41, 5.74) is 0. The van der Waals surface area contributed by atoms with Crippen LogP contribution in [-0.4, -0.2) is 69.5 Å². The minimum absolute atomic E-state index is 0.0703. The fourth-order valence-corrected chi connectivity index (χ4v) is 4.45. The third-order valence-corrected chi connectivity index (χ3v) is 6.27. The zero-order valence-electron chi connectivity index (χ0n) is 17.4. The van der Waals surface area contributed by atoms with Gasteiger partial charge in [-0.05, 0) is 52.1 Å². The summed E-state index contributed by atoms with van der Waals surface area (Å²) in [5, 5.41) is 6.67. The molecule has 0 aromatic carbocycles. The summed E-state index contributed by atoms with van der Waals surface area (Å²) in [7, 11) is -2.93. The van der Waals surface area contributed by atoms with Crippen LogP contribution in [0.3, 0.4) is 0 Å². The lowest BCUT2D eigenvalue weighted by Crippen LogP contribution is -2.45. The standard InChI is InChI=1S/C19H40N4O2S/c1-6-17(7-2)18(23-12-9-10-13-23)15-21-19(20-8-3)22-16(4)11-14-26(5,24)25/h16-18H,6-15H2,1-5H3,(H2,20,21,22). The van der Waals surface area contributed by atoms with Crippen molar-refractivity contribution in [2.24, 2.45) is 10.9 Å². The van der Waals surface area contributed by atoms with Crippen molar-refractivity contribution in [2.45, 2.75) is 71.9 Å². The summed E-state index contributed by atoms with van der Waals surface area (Å²) in [6.07, 6.45) is 6.83. The molecule has 6 nitrogen and oxygen atoms in total. The number of sulfone groups is 1. The monoisotopic (exact) mass is 388 g/mol. The van der Waals surface area contributed by atoms with E-state index in [0.717, 1.165) is 19.0 Å². The molecule has 0 spiro atoms. The van der Waals surface area contributed by atoms with E-state index in [2.05, 4.69) is 36.3 Å². The Morgan fingerprint density at radius 2 is 1.77 bits per heavy atom. The van der Waals surface area contributed by atoms with Gasteiger partial charge < -0.3 is 10.6 Å². The van der Waals surface area contributed by atoms with Crippen LogP contribution < -0.4 is 10.6 Å². The molecule has 1 fully saturated rings. The third-order valence-electron chi connectivity index (χ3n) is 5.29. The Kier molecular flexibility index (Phi) is 10.5. The van der Waals surface area contributed by atoms with Crippen LogP contribution in [0.1, 0.15) is 59.8 Å². The Labute approximate surface area is 161 Å². The lowest BCUT2D eigenvalue weighted by Gasteiger charge is -2.33. The molecule has 0 aliphatic carbocycles. The third kappa shape index (κ3) is 8.71. The molecule has 7 heteroatoms. The molecule has 1 rings (SSSR count). The van der Waals surface area contributed by atoms with Gasteiger partial charge in [-0.3, -0.25) is 9.89 Å². The van der Waals surface area contributed by atoms with Crippen molar-refractivity contribution in [3.8, 4) is 0 Å². The van der Waals surface area contributed by atoms with Crippen LogP contribution in [0.2, 0.25) is 0 Å². The summed E-state index contributed by atoms with van der Waals surface area (Å²) < 4.78 is 22.7. The maximum absolute atomic E-state index is 11.4. The number of hydrogen-bond acceptors (Lipinski definition) is 4. The Balaban J connectivity index is 2.73. The number of rotatable bonds is 11. The molecule has 0 bridgehead atoms. The molecule has 1 saturated heterocycles. The van der Waals surface area contributed by atoms with Crippen LogP contribution in [0.4, 0.5) is 0 Å². The Bertz CT molecular complexity index is 510. The van der Waals surface area contributed by atoms with Crippen LogP contribution in [0, 0.1) is 5.92 Å². The van der Waals surface area contributed by atoms with Crippen LogP contribution in [0.25, 0.3) is 0 Å². The van der Waals surface area contributed by atoms with Crippen LogP contribution >= 0.6 is 0 Å². The maximum Gasteiger partial charge on any atom is 0.191 e. The van der Waals surface area contributed by atoms with Crippen molar-refractivity contribution >= 4 is 15.8 Å². The highest BCUT2D eigenvalue weighted by atomic mass is 32.2. The van der Waals surface area contributed by atoms with E-state index in [1.165, 1.54) is 45.0 Å². The molecule has 26 heavy (non-hydrogen) atoms. The molecule has 2 atom stereocenters. The van der Waals surface area contributed by atoms with Crippen molar-refractivity contribution < 1.29 is 8.42 Å². The first-order chi connectivity index (χ1) is 12.3. The van der Waals surface area contributed by atoms with Crippen molar-refractivity contribution in [3.05, 3.63) is 0 Å². The fourth-order valence-electron chi connectivity index (χ4n) is 3.67. The maximum atomic E-state index is 11.4. The van der Waals surface area contributed by atoms with E-state index in [0.29, 0.717) is 18.4 Å². The lowest BCUT2D eigenvalue weighted by molar-refractivity contribution is 0.171. The molecule has 0 aromatic rings.